The van der Waals surface area contributed by atoms with Gasteiger partial charge in [0, 0.05) is 5.54 Å². The van der Waals surface area contributed by atoms with Crippen LogP contribution in [0.1, 0.15) is 33.5 Å². The van der Waals surface area contributed by atoms with Gasteiger partial charge in [0.25, 0.3) is 0 Å². The standard InChI is InChI=1S/C11H18N4/c1-5-6-7-15-9-12-10(14-15)8-13-11(2,3)4/h9,13H,7-8H2,1-4H3. The Kier molecular flexibility index (Phi) is 3.87. The maximum Gasteiger partial charge on any atom is 0.164 e. The summed E-state index contributed by atoms with van der Waals surface area (Å²) in [5, 5.41) is 7.62. The van der Waals surface area contributed by atoms with Crippen molar-refractivity contribution in [1.82, 2.24) is 20.1 Å². The highest BCUT2D eigenvalue weighted by Gasteiger charge is 2.09. The second-order valence-corrected chi connectivity index (χ2v) is 4.39. The van der Waals surface area contributed by atoms with Crippen LogP contribution in [0.5, 0.6) is 0 Å². The molecule has 1 N–H and O–H groups in total. The molecule has 82 valence electrons. The van der Waals surface area contributed by atoms with Gasteiger partial charge in [-0.1, -0.05) is 5.92 Å². The van der Waals surface area contributed by atoms with Gasteiger partial charge in [-0.3, -0.25) is 0 Å². The van der Waals surface area contributed by atoms with Crippen LogP contribution < -0.4 is 5.32 Å². The molecule has 0 radical (unpaired) electrons. The second-order valence-electron chi connectivity index (χ2n) is 4.39. The lowest BCUT2D eigenvalue weighted by molar-refractivity contribution is 0.417. The van der Waals surface area contributed by atoms with Crippen molar-refractivity contribution in [1.29, 1.82) is 0 Å². The Hall–Kier alpha value is -1.34. The summed E-state index contributed by atoms with van der Waals surface area (Å²) in [5.41, 5.74) is 0.0919. The summed E-state index contributed by atoms with van der Waals surface area (Å²) in [4.78, 5) is 4.19. The van der Waals surface area contributed by atoms with Crippen molar-refractivity contribution in [2.45, 2.75) is 46.3 Å². The molecule has 0 aliphatic heterocycles. The highest BCUT2D eigenvalue weighted by molar-refractivity contribution is 4.95. The summed E-state index contributed by atoms with van der Waals surface area (Å²) in [6.07, 6.45) is 1.71. The molecule has 0 aliphatic carbocycles. The van der Waals surface area contributed by atoms with Gasteiger partial charge in [-0.2, -0.15) is 5.10 Å². The molecular weight excluding hydrogens is 188 g/mol. The van der Waals surface area contributed by atoms with E-state index in [1.54, 1.807) is 11.0 Å². The predicted octanol–water partition coefficient (Wildman–Crippen LogP) is 1.19. The third-order valence-corrected chi connectivity index (χ3v) is 1.78. The molecule has 0 amide bonds. The number of hydrogen-bond acceptors (Lipinski definition) is 3. The summed E-state index contributed by atoms with van der Waals surface area (Å²) in [5.74, 6) is 6.58. The highest BCUT2D eigenvalue weighted by atomic mass is 15.3. The Morgan fingerprint density at radius 1 is 1.47 bits per heavy atom. The monoisotopic (exact) mass is 206 g/mol. The molecular formula is C11H18N4. The number of hydrogen-bond donors (Lipinski definition) is 1. The lowest BCUT2D eigenvalue weighted by Gasteiger charge is -2.18. The molecule has 1 aromatic heterocycles. The topological polar surface area (TPSA) is 42.7 Å². The Bertz CT molecular complexity index is 362. The van der Waals surface area contributed by atoms with Crippen LogP contribution in [0.4, 0.5) is 0 Å². The molecule has 15 heavy (non-hydrogen) atoms. The van der Waals surface area contributed by atoms with Gasteiger partial charge < -0.3 is 5.32 Å². The van der Waals surface area contributed by atoms with Gasteiger partial charge in [0.15, 0.2) is 5.82 Å². The molecule has 0 bridgehead atoms. The second kappa shape index (κ2) is 4.94. The highest BCUT2D eigenvalue weighted by Crippen LogP contribution is 2.00. The van der Waals surface area contributed by atoms with E-state index in [2.05, 4.69) is 48.0 Å². The zero-order valence-electron chi connectivity index (χ0n) is 9.83. The predicted molar refractivity (Wildman–Crippen MR) is 60.1 cm³/mol. The van der Waals surface area contributed by atoms with Gasteiger partial charge in [0.2, 0.25) is 0 Å². The number of rotatable bonds is 3. The van der Waals surface area contributed by atoms with Gasteiger partial charge in [0.1, 0.15) is 12.9 Å². The molecule has 0 aliphatic rings. The Morgan fingerprint density at radius 2 is 2.20 bits per heavy atom. The first kappa shape index (κ1) is 11.7. The zero-order valence-corrected chi connectivity index (χ0v) is 9.83. The normalized spacial score (nSPS) is 10.9. The van der Waals surface area contributed by atoms with Gasteiger partial charge in [0.05, 0.1) is 6.54 Å². The molecule has 0 saturated heterocycles. The first-order valence-electron chi connectivity index (χ1n) is 5.04. The summed E-state index contributed by atoms with van der Waals surface area (Å²) in [6, 6.07) is 0. The number of nitrogens with one attached hydrogen (secondary N) is 1. The van der Waals surface area contributed by atoms with Crippen LogP contribution in [-0.4, -0.2) is 20.3 Å². The summed E-state index contributed by atoms with van der Waals surface area (Å²) < 4.78 is 1.75. The molecule has 0 saturated carbocycles. The lowest BCUT2D eigenvalue weighted by atomic mass is 10.1. The molecule has 0 atom stereocenters. The Morgan fingerprint density at radius 3 is 2.80 bits per heavy atom. The van der Waals surface area contributed by atoms with E-state index in [0.29, 0.717) is 13.1 Å². The maximum atomic E-state index is 4.29. The summed E-state index contributed by atoms with van der Waals surface area (Å²) >= 11 is 0. The van der Waals surface area contributed by atoms with E-state index in [0.717, 1.165) is 5.82 Å². The van der Waals surface area contributed by atoms with Gasteiger partial charge in [-0.25, -0.2) is 9.67 Å². The van der Waals surface area contributed by atoms with Gasteiger partial charge in [-0.05, 0) is 27.7 Å². The number of aromatic nitrogens is 3. The van der Waals surface area contributed by atoms with Crippen LogP contribution in [0.3, 0.4) is 0 Å². The largest absolute Gasteiger partial charge is 0.305 e. The van der Waals surface area contributed by atoms with Crippen LogP contribution in [0.2, 0.25) is 0 Å². The minimum Gasteiger partial charge on any atom is -0.305 e. The van der Waals surface area contributed by atoms with Crippen molar-refractivity contribution in [3.05, 3.63) is 12.2 Å². The van der Waals surface area contributed by atoms with Crippen molar-refractivity contribution in [3.8, 4) is 11.8 Å². The van der Waals surface area contributed by atoms with E-state index < -0.39 is 0 Å². The van der Waals surface area contributed by atoms with Crippen LogP contribution >= 0.6 is 0 Å². The molecule has 4 heteroatoms. The van der Waals surface area contributed by atoms with Crippen LogP contribution in [0.15, 0.2) is 6.33 Å². The molecule has 0 spiro atoms. The first-order chi connectivity index (χ1) is 7.01. The minimum atomic E-state index is 0.0919. The van der Waals surface area contributed by atoms with Crippen molar-refractivity contribution < 1.29 is 0 Å². The molecule has 0 aromatic carbocycles. The quantitative estimate of drug-likeness (QED) is 0.755. The van der Waals surface area contributed by atoms with E-state index in [9.17, 15) is 0 Å². The van der Waals surface area contributed by atoms with Gasteiger partial charge in [-0.15, -0.1) is 5.92 Å². The van der Waals surface area contributed by atoms with E-state index in [1.165, 1.54) is 0 Å². The fourth-order valence-electron chi connectivity index (χ4n) is 0.995. The molecule has 0 fully saturated rings. The van der Waals surface area contributed by atoms with Crippen LogP contribution in [0.25, 0.3) is 0 Å². The van der Waals surface area contributed by atoms with Crippen molar-refractivity contribution >= 4 is 0 Å². The SMILES string of the molecule is CC#CCn1cnc(CNC(C)(C)C)n1. The van der Waals surface area contributed by atoms with E-state index in [1.807, 2.05) is 6.92 Å². The fourth-order valence-corrected chi connectivity index (χ4v) is 0.995. The summed E-state index contributed by atoms with van der Waals surface area (Å²) in [7, 11) is 0. The van der Waals surface area contributed by atoms with Crippen LogP contribution in [-0.2, 0) is 13.1 Å². The average molecular weight is 206 g/mol. The average Bonchev–Trinajstić information content (AvgIpc) is 2.58. The van der Waals surface area contributed by atoms with E-state index in [4.69, 9.17) is 0 Å². The Balaban J connectivity index is 2.48. The summed E-state index contributed by atoms with van der Waals surface area (Å²) in [6.45, 7) is 9.47. The third kappa shape index (κ3) is 4.61. The van der Waals surface area contributed by atoms with E-state index >= 15 is 0 Å². The first-order valence-corrected chi connectivity index (χ1v) is 5.04. The number of nitrogens with zero attached hydrogens (tertiary/aromatic N) is 3. The van der Waals surface area contributed by atoms with Crippen molar-refractivity contribution in [2.24, 2.45) is 0 Å². The lowest BCUT2D eigenvalue weighted by Crippen LogP contribution is -2.35. The molecule has 0 unspecified atom stereocenters. The minimum absolute atomic E-state index is 0.0919. The van der Waals surface area contributed by atoms with Crippen molar-refractivity contribution in [2.75, 3.05) is 0 Å². The smallest absolute Gasteiger partial charge is 0.164 e. The van der Waals surface area contributed by atoms with Gasteiger partial charge >= 0.3 is 0 Å². The Labute approximate surface area is 91.1 Å². The maximum absolute atomic E-state index is 4.29. The molecule has 4 nitrogen and oxygen atoms in total. The molecule has 1 aromatic rings. The van der Waals surface area contributed by atoms with Crippen molar-refractivity contribution in [3.63, 3.8) is 0 Å². The third-order valence-electron chi connectivity index (χ3n) is 1.78. The van der Waals surface area contributed by atoms with Crippen LogP contribution in [0, 0.1) is 11.8 Å². The molecule has 1 heterocycles. The zero-order chi connectivity index (χ0) is 11.3. The van der Waals surface area contributed by atoms with E-state index in [-0.39, 0.29) is 5.54 Å². The fraction of sp³-hybridized carbons (Fsp3) is 0.636. The molecule has 1 rings (SSSR count).